The number of nitrogens with zero attached hydrogens (tertiary/aromatic N) is 1. The molecule has 6 heteroatoms. The molecule has 2 heterocycles. The zero-order valence-electron chi connectivity index (χ0n) is 27.9. The molecule has 0 aromatic heterocycles. The van der Waals surface area contributed by atoms with Crippen molar-refractivity contribution in [2.75, 3.05) is 32.7 Å². The lowest BCUT2D eigenvalue weighted by Gasteiger charge is -2.60. The van der Waals surface area contributed by atoms with Crippen molar-refractivity contribution in [2.24, 2.45) is 57.7 Å². The van der Waals surface area contributed by atoms with E-state index in [1.807, 2.05) is 0 Å². The molecular formula is C38H60N2O4. The molecule has 2 saturated heterocycles. The third-order valence-corrected chi connectivity index (χ3v) is 14.8. The van der Waals surface area contributed by atoms with Crippen LogP contribution in [0.25, 0.3) is 0 Å². The topological polar surface area (TPSA) is 78.9 Å². The maximum absolute atomic E-state index is 14.1. The third-order valence-electron chi connectivity index (χ3n) is 14.8. The van der Waals surface area contributed by atoms with Gasteiger partial charge in [-0.15, -0.1) is 0 Å². The Morgan fingerprint density at radius 1 is 1.05 bits per heavy atom. The number of aliphatic carboxylic acids is 1. The van der Waals surface area contributed by atoms with Gasteiger partial charge >= 0.3 is 5.97 Å². The van der Waals surface area contributed by atoms with E-state index in [0.717, 1.165) is 50.9 Å². The molecule has 4 saturated carbocycles. The number of hydrogen-bond donors (Lipinski definition) is 2. The van der Waals surface area contributed by atoms with Gasteiger partial charge in [-0.3, -0.25) is 4.79 Å². The van der Waals surface area contributed by atoms with E-state index < -0.39 is 22.2 Å². The fourth-order valence-corrected chi connectivity index (χ4v) is 13.1. The molecule has 0 aromatic carbocycles. The van der Waals surface area contributed by atoms with Crippen molar-refractivity contribution in [2.45, 2.75) is 123 Å². The lowest BCUT2D eigenvalue weighted by molar-refractivity contribution is -0.197. The molecule has 2 N–H and O–H groups in total. The van der Waals surface area contributed by atoms with Crippen LogP contribution in [-0.4, -0.2) is 67.2 Å². The van der Waals surface area contributed by atoms with E-state index in [4.69, 9.17) is 4.74 Å². The average molecular weight is 609 g/mol. The number of carboxylic acids is 1. The maximum atomic E-state index is 14.1. The smallest absolute Gasteiger partial charge is 0.315 e. The van der Waals surface area contributed by atoms with Crippen molar-refractivity contribution in [1.82, 2.24) is 10.2 Å². The third kappa shape index (κ3) is 4.42. The number of hydrogen-bond acceptors (Lipinski definition) is 5. The molecule has 3 unspecified atom stereocenters. The number of rotatable bonds is 10. The first-order chi connectivity index (χ1) is 21.3. The number of likely N-dealkylation sites (tertiary alicyclic amines) is 1. The van der Waals surface area contributed by atoms with Gasteiger partial charge in [0, 0.05) is 25.0 Å². The Hall–Kier alpha value is -1.24. The Bertz CT molecular complexity index is 1110. The van der Waals surface area contributed by atoms with Crippen LogP contribution >= 0.6 is 0 Å². The molecule has 0 spiro atoms. The Labute approximate surface area is 266 Å². The summed E-state index contributed by atoms with van der Waals surface area (Å²) in [4.78, 5) is 30.3. The van der Waals surface area contributed by atoms with Crippen LogP contribution in [0.5, 0.6) is 0 Å². The molecule has 7 aliphatic rings. The highest BCUT2D eigenvalue weighted by atomic mass is 16.5. The molecule has 2 aliphatic heterocycles. The molecule has 6 nitrogen and oxygen atoms in total. The van der Waals surface area contributed by atoms with Crippen molar-refractivity contribution in [3.8, 4) is 0 Å². The maximum Gasteiger partial charge on any atom is 0.315 e. The number of carbonyl (C=O) groups excluding carboxylic acids is 1. The molecule has 246 valence electrons. The zero-order valence-corrected chi connectivity index (χ0v) is 27.9. The van der Waals surface area contributed by atoms with Gasteiger partial charge in [-0.2, -0.15) is 0 Å². The van der Waals surface area contributed by atoms with Crippen LogP contribution in [0.3, 0.4) is 0 Å². The summed E-state index contributed by atoms with van der Waals surface area (Å²) >= 11 is 0. The van der Waals surface area contributed by atoms with Crippen molar-refractivity contribution in [3.05, 3.63) is 11.6 Å². The van der Waals surface area contributed by atoms with Crippen LogP contribution in [0.1, 0.15) is 111 Å². The average Bonchev–Trinajstić information content (AvgIpc) is 3.67. The molecule has 0 amide bonds. The molecule has 4 bridgehead atoms. The number of ether oxygens (including phenoxy) is 1. The van der Waals surface area contributed by atoms with E-state index in [9.17, 15) is 14.7 Å². The summed E-state index contributed by atoms with van der Waals surface area (Å²) in [6.07, 6.45) is 20.1. The van der Waals surface area contributed by atoms with E-state index in [1.165, 1.54) is 77.2 Å². The number of aldehydes is 1. The van der Waals surface area contributed by atoms with Crippen molar-refractivity contribution in [3.63, 3.8) is 0 Å². The van der Waals surface area contributed by atoms with Crippen LogP contribution < -0.4 is 5.32 Å². The lowest BCUT2D eigenvalue weighted by atomic mass is 9.41. The predicted octanol–water partition coefficient (Wildman–Crippen LogP) is 6.73. The number of fused-ring (bicyclic) bond motifs is 2. The standard InChI is InChI=1S/C38H60N2O4/c1-25(2)32-19-28-21-36(24-41)31-14-13-26(3)30(31)22-37(28,38(32,36)35(42)43)34-20-29(27-11-7-6-8-12-27)33(44-34)23-39-15-18-40-16-9-4-5-10-17-40/h19,24-31,33-34,39H,4-18,20-23H2,1-3H3,(H,42,43)/t26-,28?,29+,30-,31-,33+,34-,36?,37?,38+/m1/s1. The summed E-state index contributed by atoms with van der Waals surface area (Å²) in [6, 6.07) is 0. The zero-order chi connectivity index (χ0) is 30.7. The Morgan fingerprint density at radius 3 is 2.45 bits per heavy atom. The summed E-state index contributed by atoms with van der Waals surface area (Å²) in [7, 11) is 0. The fourth-order valence-electron chi connectivity index (χ4n) is 13.1. The molecule has 0 aromatic rings. The van der Waals surface area contributed by atoms with E-state index in [0.29, 0.717) is 30.1 Å². The van der Waals surface area contributed by atoms with Crippen LogP contribution in [0.2, 0.25) is 0 Å². The molecular weight excluding hydrogens is 548 g/mol. The second kappa shape index (κ2) is 12.1. The number of allylic oxidation sites excluding steroid dienone is 1. The van der Waals surface area contributed by atoms with Gasteiger partial charge in [0.15, 0.2) is 0 Å². The molecule has 7 rings (SSSR count). The van der Waals surface area contributed by atoms with Gasteiger partial charge in [-0.25, -0.2) is 0 Å². The highest BCUT2D eigenvalue weighted by Gasteiger charge is 2.86. The minimum absolute atomic E-state index is 0.101. The normalized spacial score (nSPS) is 45.8. The number of carbonyl (C=O) groups is 2. The lowest BCUT2D eigenvalue weighted by Crippen LogP contribution is -2.65. The second-order valence-electron chi connectivity index (χ2n) is 16.8. The van der Waals surface area contributed by atoms with Crippen molar-refractivity contribution >= 4 is 12.3 Å². The van der Waals surface area contributed by atoms with E-state index in [2.05, 4.69) is 37.1 Å². The van der Waals surface area contributed by atoms with E-state index in [-0.39, 0.29) is 30.0 Å². The minimum atomic E-state index is -1.14. The summed E-state index contributed by atoms with van der Waals surface area (Å²) in [5, 5.41) is 15.4. The van der Waals surface area contributed by atoms with E-state index >= 15 is 0 Å². The van der Waals surface area contributed by atoms with Gasteiger partial charge in [0.25, 0.3) is 0 Å². The Morgan fingerprint density at radius 2 is 1.77 bits per heavy atom. The molecule has 5 aliphatic carbocycles. The van der Waals surface area contributed by atoms with Crippen molar-refractivity contribution in [1.29, 1.82) is 0 Å². The summed E-state index contributed by atoms with van der Waals surface area (Å²) in [5.41, 5.74) is -1.42. The van der Waals surface area contributed by atoms with Crippen molar-refractivity contribution < 1.29 is 19.4 Å². The monoisotopic (exact) mass is 608 g/mol. The van der Waals surface area contributed by atoms with Crippen LogP contribution in [-0.2, 0) is 14.3 Å². The largest absolute Gasteiger partial charge is 0.481 e. The number of nitrogens with one attached hydrogen (secondary N) is 1. The molecule has 6 fully saturated rings. The Balaban J connectivity index is 1.21. The summed E-state index contributed by atoms with van der Waals surface area (Å²) < 4.78 is 7.37. The molecule has 10 atom stereocenters. The van der Waals surface area contributed by atoms with Crippen LogP contribution in [0.15, 0.2) is 11.6 Å². The first-order valence-electron chi connectivity index (χ1n) is 18.8. The van der Waals surface area contributed by atoms with Gasteiger partial charge in [0.05, 0.1) is 17.6 Å². The molecule has 44 heavy (non-hydrogen) atoms. The van der Waals surface area contributed by atoms with E-state index in [1.54, 1.807) is 0 Å². The predicted molar refractivity (Wildman–Crippen MR) is 173 cm³/mol. The van der Waals surface area contributed by atoms with Gasteiger partial charge in [-0.1, -0.05) is 83.8 Å². The fraction of sp³-hybridized carbons (Fsp3) is 0.895. The van der Waals surface area contributed by atoms with Gasteiger partial charge < -0.3 is 24.9 Å². The van der Waals surface area contributed by atoms with Gasteiger partial charge in [0.2, 0.25) is 0 Å². The van der Waals surface area contributed by atoms with Crippen LogP contribution in [0.4, 0.5) is 0 Å². The highest BCUT2D eigenvalue weighted by Crippen LogP contribution is 2.84. The highest BCUT2D eigenvalue weighted by molar-refractivity contribution is 5.90. The van der Waals surface area contributed by atoms with Gasteiger partial charge in [0.1, 0.15) is 11.7 Å². The number of carboxylic acid groups (broad SMARTS) is 1. The quantitative estimate of drug-likeness (QED) is 0.163. The molecule has 0 radical (unpaired) electrons. The summed E-state index contributed by atoms with van der Waals surface area (Å²) in [6.45, 7) is 12.1. The Kier molecular flexibility index (Phi) is 8.62. The van der Waals surface area contributed by atoms with Crippen LogP contribution in [0, 0.1) is 57.7 Å². The first-order valence-corrected chi connectivity index (χ1v) is 18.8. The first kappa shape index (κ1) is 31.4. The second-order valence-corrected chi connectivity index (χ2v) is 16.8. The minimum Gasteiger partial charge on any atom is -0.481 e. The summed E-state index contributed by atoms with van der Waals surface area (Å²) in [5.74, 6) is 1.76. The van der Waals surface area contributed by atoms with Gasteiger partial charge in [-0.05, 0) is 93.0 Å². The SMILES string of the molecule is CC(C)C1=CC2CC3(C=O)[C@@H]4CC[C@@H](C)[C@H]4CC2([C@H]2C[C@@H](C4CCCCC4)[C@H](CNCCN4CCCCCC4)O2)[C@]13C(=O)O.